The molecule has 0 bridgehead atoms. The molecule has 0 aliphatic rings. The predicted molar refractivity (Wildman–Crippen MR) is 59.5 cm³/mol. The zero-order valence-electron chi connectivity index (χ0n) is 10.2. The van der Waals surface area contributed by atoms with E-state index in [2.05, 4.69) is 25.9 Å². The molecule has 0 N–H and O–H groups in total. The van der Waals surface area contributed by atoms with E-state index in [0.717, 1.165) is 11.0 Å². The van der Waals surface area contributed by atoms with Crippen molar-refractivity contribution < 1.29 is 31.0 Å². The maximum atomic E-state index is 11.2. The molecule has 0 atom stereocenters. The molecule has 0 saturated carbocycles. The second-order valence-corrected chi connectivity index (χ2v) is 4.64. The number of carbonyl (C=O) groups is 1. The van der Waals surface area contributed by atoms with Gasteiger partial charge >= 0.3 is 5.97 Å². The molecule has 16 heavy (non-hydrogen) atoms. The molecule has 4 heteroatoms. The normalized spacial score (nSPS) is 10.5. The molecule has 0 spiro atoms. The SMILES string of the molecule is COC(=O)c1ccc(C[N+](C)(C)C)cc1.[Br-]. The highest BCUT2D eigenvalue weighted by atomic mass is 79.9. The van der Waals surface area contributed by atoms with E-state index in [1.807, 2.05) is 12.1 Å². The van der Waals surface area contributed by atoms with Crippen LogP contribution in [0.2, 0.25) is 0 Å². The van der Waals surface area contributed by atoms with Gasteiger partial charge in [-0.05, 0) is 12.1 Å². The van der Waals surface area contributed by atoms with Gasteiger partial charge in [-0.1, -0.05) is 12.1 Å². The number of rotatable bonds is 3. The average Bonchev–Trinajstić information content (AvgIpc) is 2.15. The van der Waals surface area contributed by atoms with Crippen LogP contribution < -0.4 is 17.0 Å². The Morgan fingerprint density at radius 3 is 2.06 bits per heavy atom. The lowest BCUT2D eigenvalue weighted by molar-refractivity contribution is -0.884. The molecule has 0 radical (unpaired) electrons. The molecule has 3 nitrogen and oxygen atoms in total. The van der Waals surface area contributed by atoms with Crippen LogP contribution in [-0.4, -0.2) is 38.7 Å². The molecule has 0 unspecified atom stereocenters. The van der Waals surface area contributed by atoms with E-state index < -0.39 is 0 Å². The summed E-state index contributed by atoms with van der Waals surface area (Å²) in [4.78, 5) is 11.2. The summed E-state index contributed by atoms with van der Waals surface area (Å²) < 4.78 is 5.51. The Balaban J connectivity index is 0.00000225. The lowest BCUT2D eigenvalue weighted by Crippen LogP contribution is -3.00. The molecule has 0 heterocycles. The van der Waals surface area contributed by atoms with Crippen molar-refractivity contribution in [3.05, 3.63) is 35.4 Å². The number of methoxy groups -OCH3 is 1. The number of nitrogens with zero attached hydrogens (tertiary/aromatic N) is 1. The summed E-state index contributed by atoms with van der Waals surface area (Å²) >= 11 is 0. The smallest absolute Gasteiger partial charge is 0.337 e. The van der Waals surface area contributed by atoms with Crippen molar-refractivity contribution in [2.75, 3.05) is 28.3 Å². The van der Waals surface area contributed by atoms with E-state index in [1.165, 1.54) is 12.7 Å². The van der Waals surface area contributed by atoms with Crippen molar-refractivity contribution in [1.29, 1.82) is 0 Å². The Hall–Kier alpha value is -0.870. The van der Waals surface area contributed by atoms with Crippen LogP contribution in [-0.2, 0) is 11.3 Å². The van der Waals surface area contributed by atoms with Gasteiger partial charge in [0.2, 0.25) is 0 Å². The Kier molecular flexibility index (Phi) is 5.68. The highest BCUT2D eigenvalue weighted by Crippen LogP contribution is 2.09. The monoisotopic (exact) mass is 287 g/mol. The van der Waals surface area contributed by atoms with Gasteiger partial charge in [0.25, 0.3) is 0 Å². The molecule has 90 valence electrons. The first-order chi connectivity index (χ1) is 6.92. The number of benzene rings is 1. The molecular weight excluding hydrogens is 270 g/mol. The van der Waals surface area contributed by atoms with Gasteiger partial charge in [-0.25, -0.2) is 4.79 Å². The molecule has 0 fully saturated rings. The fourth-order valence-corrected chi connectivity index (χ4v) is 1.41. The van der Waals surface area contributed by atoms with E-state index in [0.29, 0.717) is 5.56 Å². The highest BCUT2D eigenvalue weighted by molar-refractivity contribution is 5.89. The Morgan fingerprint density at radius 2 is 1.69 bits per heavy atom. The zero-order chi connectivity index (χ0) is 11.5. The number of halogens is 1. The summed E-state index contributed by atoms with van der Waals surface area (Å²) in [5, 5.41) is 0. The number of quaternary nitrogens is 1. The van der Waals surface area contributed by atoms with Crippen molar-refractivity contribution in [2.24, 2.45) is 0 Å². The second-order valence-electron chi connectivity index (χ2n) is 4.64. The molecule has 1 aromatic rings. The highest BCUT2D eigenvalue weighted by Gasteiger charge is 2.09. The number of hydrogen-bond donors (Lipinski definition) is 0. The third-order valence-corrected chi connectivity index (χ3v) is 2.03. The molecule has 0 aliphatic heterocycles. The van der Waals surface area contributed by atoms with Crippen LogP contribution in [0.4, 0.5) is 0 Å². The van der Waals surface area contributed by atoms with Gasteiger partial charge in [-0.2, -0.15) is 0 Å². The molecule has 1 rings (SSSR count). The number of esters is 1. The summed E-state index contributed by atoms with van der Waals surface area (Å²) in [5.41, 5.74) is 1.82. The minimum Gasteiger partial charge on any atom is -1.00 e. The fourth-order valence-electron chi connectivity index (χ4n) is 1.41. The van der Waals surface area contributed by atoms with Crippen LogP contribution in [0, 0.1) is 0 Å². The summed E-state index contributed by atoms with van der Waals surface area (Å²) in [6.07, 6.45) is 0. The van der Waals surface area contributed by atoms with Gasteiger partial charge < -0.3 is 26.2 Å². The Labute approximate surface area is 107 Å². The first kappa shape index (κ1) is 15.1. The first-order valence-corrected chi connectivity index (χ1v) is 4.90. The molecule has 0 amide bonds. The van der Waals surface area contributed by atoms with E-state index >= 15 is 0 Å². The molecule has 0 saturated heterocycles. The van der Waals surface area contributed by atoms with Gasteiger partial charge in [-0.3, -0.25) is 0 Å². The standard InChI is InChI=1S/C12H18NO2.BrH/c1-13(2,3)9-10-5-7-11(8-6-10)12(14)15-4;/h5-8H,9H2,1-4H3;1H/q+1;/p-1. The van der Waals surface area contributed by atoms with Gasteiger partial charge in [0.15, 0.2) is 0 Å². The van der Waals surface area contributed by atoms with Crippen molar-refractivity contribution in [2.45, 2.75) is 6.54 Å². The van der Waals surface area contributed by atoms with Crippen LogP contribution in [0.25, 0.3) is 0 Å². The van der Waals surface area contributed by atoms with Crippen LogP contribution in [0.15, 0.2) is 24.3 Å². The predicted octanol–water partition coefficient (Wildman–Crippen LogP) is -1.32. The van der Waals surface area contributed by atoms with Crippen LogP contribution in [0.5, 0.6) is 0 Å². The van der Waals surface area contributed by atoms with Crippen molar-refractivity contribution in [1.82, 2.24) is 0 Å². The van der Waals surface area contributed by atoms with Crippen molar-refractivity contribution >= 4 is 5.97 Å². The maximum Gasteiger partial charge on any atom is 0.337 e. The first-order valence-electron chi connectivity index (χ1n) is 4.90. The zero-order valence-corrected chi connectivity index (χ0v) is 11.7. The second kappa shape index (κ2) is 6.01. The summed E-state index contributed by atoms with van der Waals surface area (Å²) in [7, 11) is 7.79. The van der Waals surface area contributed by atoms with E-state index in [1.54, 1.807) is 12.1 Å². The van der Waals surface area contributed by atoms with E-state index in [4.69, 9.17) is 0 Å². The van der Waals surface area contributed by atoms with Crippen LogP contribution in [0.1, 0.15) is 15.9 Å². The third kappa shape index (κ3) is 4.77. The third-order valence-electron chi connectivity index (χ3n) is 2.03. The van der Waals surface area contributed by atoms with Gasteiger partial charge in [0.1, 0.15) is 6.54 Å². The van der Waals surface area contributed by atoms with Gasteiger partial charge in [0, 0.05) is 5.56 Å². The minimum absolute atomic E-state index is 0. The van der Waals surface area contributed by atoms with Gasteiger partial charge in [0.05, 0.1) is 33.8 Å². The fraction of sp³-hybridized carbons (Fsp3) is 0.417. The van der Waals surface area contributed by atoms with Crippen molar-refractivity contribution in [3.63, 3.8) is 0 Å². The minimum atomic E-state index is -0.285. The topological polar surface area (TPSA) is 26.3 Å². The number of ether oxygens (including phenoxy) is 1. The summed E-state index contributed by atoms with van der Waals surface area (Å²) in [6, 6.07) is 7.54. The molecule has 0 aromatic heterocycles. The van der Waals surface area contributed by atoms with Crippen LogP contribution >= 0.6 is 0 Å². The van der Waals surface area contributed by atoms with Crippen LogP contribution in [0.3, 0.4) is 0 Å². The Morgan fingerprint density at radius 1 is 1.19 bits per heavy atom. The average molecular weight is 288 g/mol. The van der Waals surface area contributed by atoms with E-state index in [-0.39, 0.29) is 23.0 Å². The summed E-state index contributed by atoms with van der Waals surface area (Å²) in [6.45, 7) is 0.946. The molecular formula is C12H18BrNO2. The maximum absolute atomic E-state index is 11.2. The Bertz CT molecular complexity index is 341. The van der Waals surface area contributed by atoms with Gasteiger partial charge in [-0.15, -0.1) is 0 Å². The quantitative estimate of drug-likeness (QED) is 0.510. The summed E-state index contributed by atoms with van der Waals surface area (Å²) in [5.74, 6) is -0.285. The molecule has 0 aliphatic carbocycles. The number of hydrogen-bond acceptors (Lipinski definition) is 2. The van der Waals surface area contributed by atoms with E-state index in [9.17, 15) is 4.79 Å². The number of carbonyl (C=O) groups excluding carboxylic acids is 1. The van der Waals surface area contributed by atoms with Crippen molar-refractivity contribution in [3.8, 4) is 0 Å². The largest absolute Gasteiger partial charge is 1.00 e. The lowest BCUT2D eigenvalue weighted by Gasteiger charge is -2.23. The lowest BCUT2D eigenvalue weighted by atomic mass is 10.1. The molecule has 1 aromatic carbocycles.